The Morgan fingerprint density at radius 1 is 1.10 bits per heavy atom. The number of esters is 1. The molecule has 2 aromatic carbocycles. The monoisotopic (exact) mass is 390 g/mol. The Hall–Kier alpha value is -3.13. The van der Waals surface area contributed by atoms with E-state index in [4.69, 9.17) is 11.3 Å². The largest absolute Gasteiger partial charge is 0.465 e. The van der Waals surface area contributed by atoms with Gasteiger partial charge in [-0.2, -0.15) is 0 Å². The van der Waals surface area contributed by atoms with E-state index in [1.54, 1.807) is 24.3 Å². The van der Waals surface area contributed by atoms with E-state index in [-0.39, 0.29) is 5.91 Å². The topological polar surface area (TPSA) is 59.8 Å². The molecule has 0 aliphatic heterocycles. The lowest BCUT2D eigenvalue weighted by Gasteiger charge is -2.20. The summed E-state index contributed by atoms with van der Waals surface area (Å²) >= 11 is 0. The highest BCUT2D eigenvalue weighted by molar-refractivity contribution is 5.91. The quantitative estimate of drug-likeness (QED) is 0.539. The number of hydrogen-bond acceptors (Lipinski definition) is 3. The highest BCUT2D eigenvalue weighted by atomic mass is 16.5. The van der Waals surface area contributed by atoms with Crippen LogP contribution < -0.4 is 5.32 Å². The lowest BCUT2D eigenvalue weighted by Crippen LogP contribution is -2.26. The number of rotatable bonds is 6. The van der Waals surface area contributed by atoms with Crippen LogP contribution in [0.5, 0.6) is 0 Å². The first-order valence-corrected chi connectivity index (χ1v) is 10.1. The highest BCUT2D eigenvalue weighted by Crippen LogP contribution is 2.28. The fourth-order valence-corrected chi connectivity index (χ4v) is 3.88. The molecule has 1 amide bonds. The van der Waals surface area contributed by atoms with Gasteiger partial charge >= 0.3 is 5.97 Å². The molecule has 1 N–H and O–H groups in total. The Labute approximate surface area is 171 Å². The van der Waals surface area contributed by atoms with Crippen molar-refractivity contribution in [2.75, 3.05) is 7.11 Å². The van der Waals surface area contributed by atoms with Gasteiger partial charge in [0.25, 0.3) is 0 Å². The molecule has 0 radical (unpaired) electrons. The van der Waals surface area contributed by atoms with Gasteiger partial charge in [-0.1, -0.05) is 37.5 Å². The van der Waals surface area contributed by atoms with Crippen molar-refractivity contribution >= 4 is 17.6 Å². The number of benzene rings is 2. The number of methoxy groups -OCH3 is 1. The average molecular weight is 390 g/mol. The lowest BCUT2D eigenvalue weighted by atomic mass is 9.87. The molecule has 0 spiro atoms. The summed E-state index contributed by atoms with van der Waals surface area (Å²) in [6.45, 7) is 7.56. The third-order valence-corrected chi connectivity index (χ3v) is 5.41. The first-order chi connectivity index (χ1) is 14.1. The average Bonchev–Trinajstić information content (AvgIpc) is 2.77. The SMILES string of the molecule is [C-]#[N+]c1cccc(-c2cc(CNC(=O)CC3CCCCC3)cc(C(=O)OC)c2)c1. The van der Waals surface area contributed by atoms with Crippen molar-refractivity contribution in [2.45, 2.75) is 45.1 Å². The zero-order chi connectivity index (χ0) is 20.6. The van der Waals surface area contributed by atoms with Crippen molar-refractivity contribution < 1.29 is 14.3 Å². The van der Waals surface area contributed by atoms with Crippen LogP contribution in [0.25, 0.3) is 16.0 Å². The van der Waals surface area contributed by atoms with E-state index < -0.39 is 5.97 Å². The zero-order valence-electron chi connectivity index (χ0n) is 16.7. The van der Waals surface area contributed by atoms with E-state index in [2.05, 4.69) is 10.2 Å². The van der Waals surface area contributed by atoms with Gasteiger partial charge in [0.15, 0.2) is 5.69 Å². The molecule has 0 saturated heterocycles. The van der Waals surface area contributed by atoms with Crippen LogP contribution >= 0.6 is 0 Å². The van der Waals surface area contributed by atoms with E-state index in [9.17, 15) is 9.59 Å². The normalized spacial score (nSPS) is 14.1. The Bertz CT molecular complexity index is 924. The second-order valence-corrected chi connectivity index (χ2v) is 7.56. The van der Waals surface area contributed by atoms with E-state index >= 15 is 0 Å². The summed E-state index contributed by atoms with van der Waals surface area (Å²) in [6, 6.07) is 12.7. The van der Waals surface area contributed by atoms with Crippen LogP contribution in [0, 0.1) is 12.5 Å². The third kappa shape index (κ3) is 5.68. The number of nitrogens with zero attached hydrogens (tertiary/aromatic N) is 1. The molecule has 0 atom stereocenters. The van der Waals surface area contributed by atoms with Gasteiger partial charge in [0, 0.05) is 13.0 Å². The first kappa shape index (κ1) is 20.6. The predicted octanol–water partition coefficient (Wildman–Crippen LogP) is 5.28. The summed E-state index contributed by atoms with van der Waals surface area (Å²) in [5.74, 6) is 0.108. The van der Waals surface area contributed by atoms with Gasteiger partial charge in [0.05, 0.1) is 19.2 Å². The number of carbonyl (C=O) groups is 2. The smallest absolute Gasteiger partial charge is 0.337 e. The number of nitrogens with one attached hydrogen (secondary N) is 1. The van der Waals surface area contributed by atoms with Crippen LogP contribution in [0.4, 0.5) is 5.69 Å². The van der Waals surface area contributed by atoms with Crippen molar-refractivity contribution in [2.24, 2.45) is 5.92 Å². The molecule has 2 aromatic rings. The van der Waals surface area contributed by atoms with E-state index in [1.807, 2.05) is 18.2 Å². The van der Waals surface area contributed by atoms with Gasteiger partial charge in [-0.25, -0.2) is 9.64 Å². The Balaban J connectivity index is 1.77. The minimum atomic E-state index is -0.428. The second kappa shape index (κ2) is 9.88. The standard InChI is InChI=1S/C24H26N2O3/c1-25-22-10-6-9-19(15-22)20-11-18(12-21(14-20)24(28)29-2)16-26-23(27)13-17-7-4-3-5-8-17/h6,9-12,14-15,17H,3-5,7-8,13,16H2,2H3,(H,26,27). The summed E-state index contributed by atoms with van der Waals surface area (Å²) in [5.41, 5.74) is 3.45. The lowest BCUT2D eigenvalue weighted by molar-refractivity contribution is -0.122. The number of hydrogen-bond donors (Lipinski definition) is 1. The molecule has 0 aromatic heterocycles. The summed E-state index contributed by atoms with van der Waals surface area (Å²) in [4.78, 5) is 27.9. The van der Waals surface area contributed by atoms with Gasteiger partial charge in [0.1, 0.15) is 0 Å². The number of carbonyl (C=O) groups excluding carboxylic acids is 2. The molecule has 0 unspecified atom stereocenters. The maximum absolute atomic E-state index is 12.4. The fourth-order valence-electron chi connectivity index (χ4n) is 3.88. The van der Waals surface area contributed by atoms with Crippen LogP contribution in [-0.4, -0.2) is 19.0 Å². The molecule has 1 aliphatic carbocycles. The molecular formula is C24H26N2O3. The molecule has 1 fully saturated rings. The zero-order valence-corrected chi connectivity index (χ0v) is 16.7. The summed E-state index contributed by atoms with van der Waals surface area (Å²) in [5, 5.41) is 2.99. The van der Waals surface area contributed by atoms with E-state index in [0.717, 1.165) is 29.5 Å². The van der Waals surface area contributed by atoms with Gasteiger partial charge in [-0.05, 0) is 59.7 Å². The first-order valence-electron chi connectivity index (χ1n) is 10.1. The van der Waals surface area contributed by atoms with Crippen molar-refractivity contribution in [3.05, 3.63) is 65.0 Å². The Kier molecular flexibility index (Phi) is 7.02. The number of ether oxygens (including phenoxy) is 1. The van der Waals surface area contributed by atoms with E-state index in [1.165, 1.54) is 26.4 Å². The van der Waals surface area contributed by atoms with Crippen LogP contribution in [0.3, 0.4) is 0 Å². The van der Waals surface area contributed by atoms with Crippen molar-refractivity contribution in [3.8, 4) is 11.1 Å². The molecule has 0 bridgehead atoms. The summed E-state index contributed by atoms with van der Waals surface area (Å²) in [7, 11) is 1.35. The fraction of sp³-hybridized carbons (Fsp3) is 0.375. The van der Waals surface area contributed by atoms with Gasteiger partial charge in [0.2, 0.25) is 5.91 Å². The van der Waals surface area contributed by atoms with Crippen molar-refractivity contribution in [3.63, 3.8) is 0 Å². The van der Waals surface area contributed by atoms with Gasteiger partial charge < -0.3 is 10.1 Å². The van der Waals surface area contributed by atoms with Crippen LogP contribution in [0.2, 0.25) is 0 Å². The highest BCUT2D eigenvalue weighted by Gasteiger charge is 2.17. The van der Waals surface area contributed by atoms with Crippen LogP contribution in [-0.2, 0) is 16.1 Å². The predicted molar refractivity (Wildman–Crippen MR) is 113 cm³/mol. The molecule has 5 nitrogen and oxygen atoms in total. The Morgan fingerprint density at radius 2 is 1.90 bits per heavy atom. The number of amides is 1. The molecule has 0 heterocycles. The third-order valence-electron chi connectivity index (χ3n) is 5.41. The minimum absolute atomic E-state index is 0.0527. The molecule has 3 rings (SSSR count). The molecule has 1 saturated carbocycles. The van der Waals surface area contributed by atoms with Crippen molar-refractivity contribution in [1.82, 2.24) is 5.32 Å². The second-order valence-electron chi connectivity index (χ2n) is 7.56. The minimum Gasteiger partial charge on any atom is -0.465 e. The maximum Gasteiger partial charge on any atom is 0.337 e. The van der Waals surface area contributed by atoms with E-state index in [0.29, 0.717) is 30.1 Å². The summed E-state index contributed by atoms with van der Waals surface area (Å²) < 4.78 is 4.88. The molecule has 150 valence electrons. The Morgan fingerprint density at radius 3 is 2.62 bits per heavy atom. The summed E-state index contributed by atoms with van der Waals surface area (Å²) in [6.07, 6.45) is 6.53. The molecular weight excluding hydrogens is 364 g/mol. The van der Waals surface area contributed by atoms with Crippen LogP contribution in [0.15, 0.2) is 42.5 Å². The van der Waals surface area contributed by atoms with Crippen LogP contribution in [0.1, 0.15) is 54.4 Å². The van der Waals surface area contributed by atoms with Crippen molar-refractivity contribution in [1.29, 1.82) is 0 Å². The van der Waals surface area contributed by atoms with Gasteiger partial charge in [-0.15, -0.1) is 0 Å². The van der Waals surface area contributed by atoms with Gasteiger partial charge in [-0.3, -0.25) is 4.79 Å². The molecule has 5 heteroatoms. The maximum atomic E-state index is 12.4. The molecule has 1 aliphatic rings. The molecule has 29 heavy (non-hydrogen) atoms.